The highest BCUT2D eigenvalue weighted by Gasteiger charge is 2.47. The van der Waals surface area contributed by atoms with Crippen LogP contribution in [-0.2, 0) is 14.2 Å². The van der Waals surface area contributed by atoms with Crippen molar-refractivity contribution < 1.29 is 14.2 Å². The second kappa shape index (κ2) is 5.42. The summed E-state index contributed by atoms with van der Waals surface area (Å²) < 4.78 is 17.4. The Balaban J connectivity index is 1.67. The molecule has 3 aliphatic rings. The Bertz CT molecular complexity index is 850. The molecule has 0 N–H and O–H groups in total. The summed E-state index contributed by atoms with van der Waals surface area (Å²) in [7, 11) is 0. The Morgan fingerprint density at radius 2 is 2.25 bits per heavy atom. The van der Waals surface area contributed by atoms with E-state index in [0.717, 1.165) is 5.57 Å². The van der Waals surface area contributed by atoms with Crippen LogP contribution in [0.25, 0.3) is 5.57 Å². The fourth-order valence-corrected chi connectivity index (χ4v) is 2.73. The topological polar surface area (TPSA) is 76.7 Å². The summed E-state index contributed by atoms with van der Waals surface area (Å²) >= 11 is 4.44. The predicted molar refractivity (Wildman–Crippen MR) is 89.6 cm³/mol. The number of nitriles is 1. The molecule has 0 spiro atoms. The normalized spacial score (nSPS) is 32.0. The third kappa shape index (κ3) is 2.45. The fraction of sp³-hybridized carbons (Fsp3) is 0.235. The average molecular weight is 339 g/mol. The first kappa shape index (κ1) is 14.8. The van der Waals surface area contributed by atoms with Crippen LogP contribution in [0.15, 0.2) is 58.9 Å². The predicted octanol–water partition coefficient (Wildman–Crippen LogP) is 2.59. The molecule has 1 fully saturated rings. The van der Waals surface area contributed by atoms with Crippen molar-refractivity contribution in [1.29, 1.82) is 5.26 Å². The van der Waals surface area contributed by atoms with E-state index in [1.165, 1.54) is 0 Å². The van der Waals surface area contributed by atoms with E-state index in [1.807, 2.05) is 19.1 Å². The second-order valence-electron chi connectivity index (χ2n) is 5.66. The number of ether oxygens (including phenoxy) is 3. The number of hydrogen-bond donors (Lipinski definition) is 1. The van der Waals surface area contributed by atoms with Crippen molar-refractivity contribution in [2.45, 2.75) is 24.2 Å². The number of fused-ring (bicyclic) bond motifs is 2. The Kier molecular flexibility index (Phi) is 3.36. The highest BCUT2D eigenvalue weighted by atomic mass is 32.1. The number of hydrogen-bond acceptors (Lipinski definition) is 7. The molecule has 3 aliphatic heterocycles. The van der Waals surface area contributed by atoms with Crippen molar-refractivity contribution in [1.82, 2.24) is 4.98 Å². The van der Waals surface area contributed by atoms with Gasteiger partial charge in [-0.25, -0.2) is 0 Å². The van der Waals surface area contributed by atoms with Gasteiger partial charge in [0.2, 0.25) is 6.10 Å². The van der Waals surface area contributed by atoms with Crippen LogP contribution in [0.3, 0.4) is 0 Å². The molecule has 4 rings (SSSR count). The second-order valence-corrected chi connectivity index (χ2v) is 6.57. The summed E-state index contributed by atoms with van der Waals surface area (Å²) in [6, 6.07) is 5.62. The molecule has 1 aromatic rings. The van der Waals surface area contributed by atoms with Crippen LogP contribution in [0.4, 0.5) is 0 Å². The van der Waals surface area contributed by atoms with Gasteiger partial charge in [0.05, 0.1) is 5.57 Å². The first-order valence-electron chi connectivity index (χ1n) is 7.33. The van der Waals surface area contributed by atoms with Gasteiger partial charge in [0, 0.05) is 24.2 Å². The van der Waals surface area contributed by atoms with Gasteiger partial charge in [-0.15, -0.1) is 12.6 Å². The van der Waals surface area contributed by atoms with Gasteiger partial charge < -0.3 is 14.2 Å². The maximum atomic E-state index is 9.45. The van der Waals surface area contributed by atoms with E-state index in [0.29, 0.717) is 11.3 Å². The number of thiol groups is 1. The van der Waals surface area contributed by atoms with E-state index in [1.54, 1.807) is 30.7 Å². The van der Waals surface area contributed by atoms with Crippen LogP contribution in [0.5, 0.6) is 0 Å². The molecule has 7 heteroatoms. The SMILES string of the molecule is CC1(S)C=CC2=C(C=N1)C1O/C(=C(\C#N)c3cccnc3)OC1O2. The molecule has 120 valence electrons. The minimum absolute atomic E-state index is 0.141. The fourth-order valence-electron chi connectivity index (χ4n) is 2.60. The molecular formula is C17H13N3O3S. The van der Waals surface area contributed by atoms with Gasteiger partial charge in [0.25, 0.3) is 6.29 Å². The number of allylic oxidation sites excluding steroid dienone is 2. The summed E-state index contributed by atoms with van der Waals surface area (Å²) in [5, 5.41) is 9.45. The van der Waals surface area contributed by atoms with Crippen LogP contribution in [0, 0.1) is 11.3 Å². The monoisotopic (exact) mass is 339 g/mol. The number of aliphatic imine (C=N–C) groups is 1. The van der Waals surface area contributed by atoms with Crippen LogP contribution in [-0.4, -0.2) is 28.5 Å². The average Bonchev–Trinajstić information content (AvgIpc) is 3.06. The van der Waals surface area contributed by atoms with Gasteiger partial charge in [-0.1, -0.05) is 6.07 Å². The molecule has 0 amide bonds. The molecule has 3 unspecified atom stereocenters. The lowest BCUT2D eigenvalue weighted by atomic mass is 10.1. The molecule has 24 heavy (non-hydrogen) atoms. The Morgan fingerprint density at radius 1 is 1.38 bits per heavy atom. The molecule has 6 nitrogen and oxygen atoms in total. The van der Waals surface area contributed by atoms with Crippen LogP contribution < -0.4 is 0 Å². The number of nitrogens with zero attached hydrogens (tertiary/aromatic N) is 3. The lowest BCUT2D eigenvalue weighted by molar-refractivity contribution is -0.0433. The smallest absolute Gasteiger partial charge is 0.302 e. The van der Waals surface area contributed by atoms with E-state index in [9.17, 15) is 5.26 Å². The van der Waals surface area contributed by atoms with Gasteiger partial charge in [-0.2, -0.15) is 5.26 Å². The zero-order valence-electron chi connectivity index (χ0n) is 12.7. The van der Waals surface area contributed by atoms with Crippen molar-refractivity contribution in [3.05, 3.63) is 59.5 Å². The lowest BCUT2D eigenvalue weighted by Crippen LogP contribution is -2.21. The van der Waals surface area contributed by atoms with E-state index >= 15 is 0 Å². The van der Waals surface area contributed by atoms with E-state index in [-0.39, 0.29) is 11.5 Å². The Labute approximate surface area is 144 Å². The first-order chi connectivity index (χ1) is 11.6. The van der Waals surface area contributed by atoms with Crippen molar-refractivity contribution in [3.8, 4) is 6.07 Å². The van der Waals surface area contributed by atoms with Crippen molar-refractivity contribution in [3.63, 3.8) is 0 Å². The molecule has 0 radical (unpaired) electrons. The van der Waals surface area contributed by atoms with Crippen LogP contribution in [0.2, 0.25) is 0 Å². The molecule has 0 bridgehead atoms. The molecule has 1 aromatic heterocycles. The molecule has 1 saturated heterocycles. The Morgan fingerprint density at radius 3 is 3.00 bits per heavy atom. The summed E-state index contributed by atoms with van der Waals surface area (Å²) in [5.41, 5.74) is 1.68. The summed E-state index contributed by atoms with van der Waals surface area (Å²) in [6.07, 6.45) is 7.46. The maximum Gasteiger partial charge on any atom is 0.302 e. The number of pyridine rings is 1. The van der Waals surface area contributed by atoms with Crippen LogP contribution in [0.1, 0.15) is 12.5 Å². The van der Waals surface area contributed by atoms with Gasteiger partial charge in [0.1, 0.15) is 22.3 Å². The van der Waals surface area contributed by atoms with Crippen LogP contribution >= 0.6 is 12.6 Å². The van der Waals surface area contributed by atoms with E-state index < -0.39 is 17.3 Å². The van der Waals surface area contributed by atoms with Crippen molar-refractivity contribution in [2.75, 3.05) is 0 Å². The van der Waals surface area contributed by atoms with E-state index in [4.69, 9.17) is 14.2 Å². The molecule has 0 saturated carbocycles. The zero-order chi connectivity index (χ0) is 16.7. The van der Waals surface area contributed by atoms with E-state index in [2.05, 4.69) is 28.7 Å². The van der Waals surface area contributed by atoms with Gasteiger partial charge in [0.15, 0.2) is 0 Å². The third-order valence-corrected chi connectivity index (χ3v) is 4.08. The molecule has 4 heterocycles. The molecule has 3 atom stereocenters. The number of aromatic nitrogens is 1. The van der Waals surface area contributed by atoms with Gasteiger partial charge >= 0.3 is 5.95 Å². The van der Waals surface area contributed by atoms with Crippen molar-refractivity contribution >= 4 is 24.4 Å². The summed E-state index contributed by atoms with van der Waals surface area (Å²) in [5.74, 6) is 0.785. The first-order valence-corrected chi connectivity index (χ1v) is 7.78. The van der Waals surface area contributed by atoms with Crippen molar-refractivity contribution in [2.24, 2.45) is 4.99 Å². The minimum atomic E-state index is -0.634. The molecule has 0 aromatic carbocycles. The standard InChI is InChI=1S/C17H13N3O3S/c1-17(24)5-4-13-12(9-20-17)14-16(21-13)23-15(22-14)11(7-18)10-3-2-6-19-8-10/h2-6,8-9,14,16,24H,1H3/b15-11-. The lowest BCUT2D eigenvalue weighted by Gasteiger charge is -2.12. The Hall–Kier alpha value is -2.72. The minimum Gasteiger partial charge on any atom is -0.450 e. The highest BCUT2D eigenvalue weighted by molar-refractivity contribution is 7.82. The maximum absolute atomic E-state index is 9.45. The summed E-state index contributed by atoms with van der Waals surface area (Å²) in [6.45, 7) is 1.87. The van der Waals surface area contributed by atoms with Gasteiger partial charge in [-0.3, -0.25) is 9.98 Å². The number of rotatable bonds is 1. The zero-order valence-corrected chi connectivity index (χ0v) is 13.6. The highest BCUT2D eigenvalue weighted by Crippen LogP contribution is 2.40. The molecular weight excluding hydrogens is 326 g/mol. The largest absolute Gasteiger partial charge is 0.450 e. The van der Waals surface area contributed by atoms with Gasteiger partial charge in [-0.05, 0) is 25.1 Å². The quantitative estimate of drug-likeness (QED) is 0.629. The third-order valence-electron chi connectivity index (χ3n) is 3.82. The molecule has 0 aliphatic carbocycles. The summed E-state index contributed by atoms with van der Waals surface area (Å²) in [4.78, 5) is 7.81.